The highest BCUT2D eigenvalue weighted by molar-refractivity contribution is 6.26. The van der Waals surface area contributed by atoms with Gasteiger partial charge in [0.15, 0.2) is 0 Å². The third-order valence-corrected chi connectivity index (χ3v) is 5.33. The monoisotopic (exact) mass is 428 g/mol. The number of hydrogen-bond donors (Lipinski definition) is 1. The first kappa shape index (κ1) is 24.5. The molecule has 0 saturated heterocycles. The van der Waals surface area contributed by atoms with Gasteiger partial charge in [-0.1, -0.05) is 18.7 Å². The summed E-state index contributed by atoms with van der Waals surface area (Å²) in [6.45, 7) is 9.62. The minimum Gasteiger partial charge on any atom is -0.870 e. The summed E-state index contributed by atoms with van der Waals surface area (Å²) in [6, 6.07) is 9.00. The van der Waals surface area contributed by atoms with Gasteiger partial charge in [-0.15, -0.1) is 0 Å². The van der Waals surface area contributed by atoms with Crippen LogP contribution in [0.4, 0.5) is 0 Å². The molecule has 0 radical (unpaired) electrons. The summed E-state index contributed by atoms with van der Waals surface area (Å²) in [5, 5.41) is 11.1. The second-order valence-corrected chi connectivity index (χ2v) is 8.89. The molecular formula is C24H32N2O5. The summed E-state index contributed by atoms with van der Waals surface area (Å²) in [7, 11) is 4.07. The largest absolute Gasteiger partial charge is 0.870 e. The molecule has 7 heteroatoms. The maximum atomic E-state index is 13.1. The van der Waals surface area contributed by atoms with Crippen LogP contribution in [0.3, 0.4) is 0 Å². The number of carbonyl (C=O) groups excluding carboxylic acids is 2. The highest BCUT2D eigenvalue weighted by Gasteiger charge is 2.33. The molecule has 1 unspecified atom stereocenters. The second kappa shape index (κ2) is 9.60. The maximum absolute atomic E-state index is 13.1. The van der Waals surface area contributed by atoms with Crippen LogP contribution in [0.25, 0.3) is 10.8 Å². The lowest BCUT2D eigenvalue weighted by Gasteiger charge is -2.32. The quantitative estimate of drug-likeness (QED) is 0.376. The molecule has 0 aliphatic carbocycles. The number of ether oxygens (including phenoxy) is 1. The average molecular weight is 429 g/mol. The Morgan fingerprint density at radius 2 is 1.81 bits per heavy atom. The van der Waals surface area contributed by atoms with Gasteiger partial charge >= 0.3 is 0 Å². The van der Waals surface area contributed by atoms with Crippen molar-refractivity contribution in [2.75, 3.05) is 40.3 Å². The summed E-state index contributed by atoms with van der Waals surface area (Å²) in [5.41, 5.74) is 1.95. The van der Waals surface area contributed by atoms with Crippen molar-refractivity contribution in [3.63, 3.8) is 0 Å². The molecule has 168 valence electrons. The van der Waals surface area contributed by atoms with E-state index in [9.17, 15) is 14.7 Å². The van der Waals surface area contributed by atoms with E-state index in [1.807, 2.05) is 33.2 Å². The van der Waals surface area contributed by atoms with Gasteiger partial charge in [0, 0.05) is 34.9 Å². The highest BCUT2D eigenvalue weighted by Crippen LogP contribution is 2.35. The molecule has 1 aliphatic heterocycles. The lowest BCUT2D eigenvalue weighted by Crippen LogP contribution is -2.47. The van der Waals surface area contributed by atoms with Crippen molar-refractivity contribution in [2.45, 2.75) is 26.4 Å². The number of aliphatic hydroxyl groups is 1. The predicted octanol–water partition coefficient (Wildman–Crippen LogP) is 3.06. The Morgan fingerprint density at radius 3 is 2.42 bits per heavy atom. The van der Waals surface area contributed by atoms with Gasteiger partial charge in [-0.3, -0.25) is 14.5 Å². The van der Waals surface area contributed by atoms with Gasteiger partial charge < -0.3 is 19.8 Å². The van der Waals surface area contributed by atoms with Crippen molar-refractivity contribution < 1.29 is 29.4 Å². The lowest BCUT2D eigenvalue weighted by atomic mass is 9.93. The molecule has 0 bridgehead atoms. The molecule has 2 amide bonds. The average Bonchev–Trinajstić information content (AvgIpc) is 2.66. The first-order chi connectivity index (χ1) is 14.1. The Bertz CT molecular complexity index is 975. The van der Waals surface area contributed by atoms with E-state index in [1.54, 1.807) is 25.1 Å². The van der Waals surface area contributed by atoms with Crippen molar-refractivity contribution in [1.29, 1.82) is 0 Å². The fraction of sp³-hybridized carbons (Fsp3) is 0.417. The van der Waals surface area contributed by atoms with Gasteiger partial charge in [0.25, 0.3) is 11.8 Å². The molecule has 3 rings (SSSR count). The van der Waals surface area contributed by atoms with Gasteiger partial charge in [0.1, 0.15) is 25.0 Å². The number of quaternary nitrogens is 1. The molecule has 0 aromatic heterocycles. The third kappa shape index (κ3) is 5.31. The van der Waals surface area contributed by atoms with Gasteiger partial charge in [0.05, 0.1) is 20.6 Å². The van der Waals surface area contributed by atoms with Crippen LogP contribution in [-0.2, 0) is 0 Å². The van der Waals surface area contributed by atoms with Crippen LogP contribution >= 0.6 is 0 Å². The fourth-order valence-corrected chi connectivity index (χ4v) is 4.11. The molecule has 1 heterocycles. The van der Waals surface area contributed by atoms with Gasteiger partial charge in [0.2, 0.25) is 0 Å². The number of aliphatic hydroxyl groups excluding tert-OH is 1. The van der Waals surface area contributed by atoms with Crippen molar-refractivity contribution >= 4 is 22.6 Å². The number of hydrogen-bond acceptors (Lipinski definition) is 5. The molecule has 7 nitrogen and oxygen atoms in total. The number of likely N-dealkylation sites (N-methyl/N-ethyl adjacent to an activating group) is 1. The van der Waals surface area contributed by atoms with Crippen LogP contribution in [0, 0.1) is 0 Å². The van der Waals surface area contributed by atoms with E-state index in [-0.39, 0.29) is 17.3 Å². The van der Waals surface area contributed by atoms with E-state index in [2.05, 4.69) is 6.58 Å². The molecule has 0 saturated carbocycles. The Balaban J connectivity index is 0.00000341. The van der Waals surface area contributed by atoms with E-state index in [1.165, 1.54) is 4.90 Å². The van der Waals surface area contributed by atoms with Crippen LogP contribution in [-0.4, -0.2) is 78.2 Å². The van der Waals surface area contributed by atoms with Crippen LogP contribution < -0.4 is 4.74 Å². The number of carbonyl (C=O) groups is 2. The third-order valence-electron chi connectivity index (χ3n) is 5.33. The zero-order valence-electron chi connectivity index (χ0n) is 18.7. The summed E-state index contributed by atoms with van der Waals surface area (Å²) >= 11 is 0. The van der Waals surface area contributed by atoms with Crippen molar-refractivity contribution in [1.82, 2.24) is 4.90 Å². The molecule has 0 spiro atoms. The van der Waals surface area contributed by atoms with Gasteiger partial charge in [-0.2, -0.15) is 0 Å². The zero-order valence-corrected chi connectivity index (χ0v) is 18.7. The lowest BCUT2D eigenvalue weighted by molar-refractivity contribution is -0.893. The number of rotatable bonds is 9. The fourth-order valence-electron chi connectivity index (χ4n) is 4.11. The number of benzene rings is 2. The normalized spacial score (nSPS) is 14.4. The molecule has 2 aromatic carbocycles. The summed E-state index contributed by atoms with van der Waals surface area (Å²) < 4.78 is 6.46. The molecule has 1 aliphatic rings. The first-order valence-electron chi connectivity index (χ1n) is 10.3. The summed E-state index contributed by atoms with van der Waals surface area (Å²) in [5.74, 6) is 0.108. The summed E-state index contributed by atoms with van der Waals surface area (Å²) in [6.07, 6.45) is 0.270. The Morgan fingerprint density at radius 1 is 1.16 bits per heavy atom. The van der Waals surface area contributed by atoms with Crippen molar-refractivity contribution in [3.05, 3.63) is 53.6 Å². The molecule has 1 atom stereocenters. The van der Waals surface area contributed by atoms with Crippen molar-refractivity contribution in [2.24, 2.45) is 0 Å². The standard InChI is InChI=1S/C24H31N2O4.H2O/c1-16(2)15-30-21-11-10-20-22-18(21)8-6-9-19(22)23(28)25(24(20)29)12-7-13-26(4,5)14-17(3)27;/h6,8-11,17,27H,1,7,12-15H2,2-5H3;1H2/q+1;/p-1. The number of imide groups is 1. The molecule has 31 heavy (non-hydrogen) atoms. The zero-order chi connectivity index (χ0) is 22.1. The van der Waals surface area contributed by atoms with Crippen LogP contribution in [0.15, 0.2) is 42.5 Å². The van der Waals surface area contributed by atoms with Crippen LogP contribution in [0.1, 0.15) is 41.0 Å². The van der Waals surface area contributed by atoms with E-state index < -0.39 is 6.10 Å². The first-order valence-corrected chi connectivity index (χ1v) is 10.3. The van der Waals surface area contributed by atoms with Crippen LogP contribution in [0.2, 0.25) is 0 Å². The van der Waals surface area contributed by atoms with E-state index in [4.69, 9.17) is 4.74 Å². The highest BCUT2D eigenvalue weighted by atomic mass is 16.5. The topological polar surface area (TPSA) is 96.8 Å². The minimum atomic E-state index is -0.399. The Labute approximate surface area is 183 Å². The predicted molar refractivity (Wildman–Crippen MR) is 120 cm³/mol. The maximum Gasteiger partial charge on any atom is 0.261 e. The summed E-state index contributed by atoms with van der Waals surface area (Å²) in [4.78, 5) is 27.6. The Kier molecular flexibility index (Phi) is 7.59. The second-order valence-electron chi connectivity index (χ2n) is 8.89. The molecule has 0 fully saturated rings. The number of amides is 2. The van der Waals surface area contributed by atoms with E-state index in [0.717, 1.165) is 17.5 Å². The smallest absolute Gasteiger partial charge is 0.261 e. The van der Waals surface area contributed by atoms with E-state index in [0.29, 0.717) is 52.9 Å². The number of nitrogens with zero attached hydrogens (tertiary/aromatic N) is 2. The molecule has 2 aromatic rings. The van der Waals surface area contributed by atoms with Gasteiger partial charge in [-0.25, -0.2) is 0 Å². The molecular weight excluding hydrogens is 396 g/mol. The van der Waals surface area contributed by atoms with Gasteiger partial charge in [-0.05, 0) is 37.6 Å². The van der Waals surface area contributed by atoms with Crippen LogP contribution in [0.5, 0.6) is 5.75 Å². The van der Waals surface area contributed by atoms with E-state index >= 15 is 0 Å². The Hall–Kier alpha value is -2.74. The van der Waals surface area contributed by atoms with Crippen molar-refractivity contribution in [3.8, 4) is 5.75 Å². The SMILES string of the molecule is C=C(C)COc1ccc2c3c(cccc13)C(=O)N(CCC[N+](C)(C)CC(C)O)C2=O.[OH-]. The molecule has 2 N–H and O–H groups in total. The minimum absolute atomic E-state index is 0.